The fourth-order valence-corrected chi connectivity index (χ4v) is 8.62. The van der Waals surface area contributed by atoms with Crippen LogP contribution in [0.15, 0.2) is 97.6 Å². The lowest BCUT2D eigenvalue weighted by atomic mass is 10.0. The van der Waals surface area contributed by atoms with E-state index >= 15 is 0 Å². The second-order valence-corrected chi connectivity index (χ2v) is 12.4. The van der Waals surface area contributed by atoms with Gasteiger partial charge >= 0.3 is 0 Å². The number of terminal acetylenes is 1. The maximum atomic E-state index is 7.18. The summed E-state index contributed by atoms with van der Waals surface area (Å²) in [7, 11) is -2.69. The molecule has 0 spiro atoms. The molecule has 0 fully saturated rings. The Morgan fingerprint density at radius 3 is 1.79 bits per heavy atom. The van der Waals surface area contributed by atoms with E-state index in [0.717, 1.165) is 11.1 Å². The highest BCUT2D eigenvalue weighted by atomic mass is 28.4. The van der Waals surface area contributed by atoms with Crippen LogP contribution in [0.3, 0.4) is 0 Å². The summed E-state index contributed by atoms with van der Waals surface area (Å²) in [6.45, 7) is 10.9. The van der Waals surface area contributed by atoms with Crippen molar-refractivity contribution in [2.45, 2.75) is 31.9 Å². The van der Waals surface area contributed by atoms with Gasteiger partial charge < -0.3 is 4.43 Å². The Hall–Kier alpha value is -2.86. The molecule has 29 heavy (non-hydrogen) atoms. The van der Waals surface area contributed by atoms with Crippen molar-refractivity contribution in [3.63, 3.8) is 0 Å². The van der Waals surface area contributed by atoms with E-state index in [-0.39, 0.29) is 11.1 Å². The van der Waals surface area contributed by atoms with E-state index in [2.05, 4.69) is 93.9 Å². The van der Waals surface area contributed by atoms with Crippen LogP contribution in [0.25, 0.3) is 0 Å². The molecule has 1 atom stereocenters. The number of hydrogen-bond acceptors (Lipinski definition) is 1. The van der Waals surface area contributed by atoms with Gasteiger partial charge in [-0.05, 0) is 27.0 Å². The van der Waals surface area contributed by atoms with Crippen LogP contribution in [0.4, 0.5) is 0 Å². The molecule has 1 unspecified atom stereocenters. The molecule has 0 aliphatic rings. The van der Waals surface area contributed by atoms with Gasteiger partial charge in [0.05, 0.1) is 6.10 Å². The zero-order chi connectivity index (χ0) is 20.9. The third kappa shape index (κ3) is 3.98. The average Bonchev–Trinajstić information content (AvgIpc) is 2.75. The van der Waals surface area contributed by atoms with E-state index in [0.29, 0.717) is 0 Å². The van der Waals surface area contributed by atoms with Gasteiger partial charge in [-0.3, -0.25) is 0 Å². The van der Waals surface area contributed by atoms with Crippen molar-refractivity contribution in [3.8, 4) is 12.3 Å². The molecule has 1 nitrogen and oxygen atoms in total. The first-order valence-corrected chi connectivity index (χ1v) is 11.8. The summed E-state index contributed by atoms with van der Waals surface area (Å²) < 4.78 is 7.18. The van der Waals surface area contributed by atoms with E-state index in [4.69, 9.17) is 10.8 Å². The Balaban J connectivity index is 2.25. The van der Waals surface area contributed by atoms with Gasteiger partial charge in [-0.15, -0.1) is 13.0 Å². The Kier molecular flexibility index (Phi) is 6.22. The Labute approximate surface area is 176 Å². The quantitative estimate of drug-likeness (QED) is 0.305. The third-order valence-electron chi connectivity index (χ3n) is 5.36. The van der Waals surface area contributed by atoms with Gasteiger partial charge in [0.2, 0.25) is 0 Å². The zero-order valence-corrected chi connectivity index (χ0v) is 18.4. The fourth-order valence-electron chi connectivity index (χ4n) is 4.00. The second kappa shape index (κ2) is 8.65. The van der Waals surface area contributed by atoms with Crippen LogP contribution in [0.1, 0.15) is 38.0 Å². The Morgan fingerprint density at radius 1 is 0.862 bits per heavy atom. The highest BCUT2D eigenvalue weighted by Crippen LogP contribution is 2.40. The lowest BCUT2D eigenvalue weighted by Gasteiger charge is -2.45. The molecule has 0 amide bonds. The summed E-state index contributed by atoms with van der Waals surface area (Å²) in [5.74, 6) is 2.80. The van der Waals surface area contributed by atoms with E-state index in [1.807, 2.05) is 30.3 Å². The minimum atomic E-state index is -2.69. The summed E-state index contributed by atoms with van der Waals surface area (Å²) in [6, 6.07) is 29.2. The van der Waals surface area contributed by atoms with Crippen LogP contribution < -0.4 is 10.4 Å². The van der Waals surface area contributed by atoms with Crippen LogP contribution in [0, 0.1) is 12.3 Å². The van der Waals surface area contributed by atoms with Crippen LogP contribution in [-0.4, -0.2) is 8.32 Å². The molecule has 3 rings (SSSR count). The lowest BCUT2D eigenvalue weighted by Crippen LogP contribution is -2.66. The van der Waals surface area contributed by atoms with E-state index in [9.17, 15) is 0 Å². The molecular weight excluding hydrogens is 368 g/mol. The summed E-state index contributed by atoms with van der Waals surface area (Å²) >= 11 is 0. The standard InChI is InChI=1S/C27H28OSi/c1-6-22-16-14-15-21-25(22)26(7-2)28-29(27(3,4)5,23-17-10-8-11-18-23)24-19-12-9-13-20-24/h1,7-21,26H,2H2,3-5H3. The summed E-state index contributed by atoms with van der Waals surface area (Å²) in [5, 5.41) is 2.37. The molecular formula is C27H28OSi. The van der Waals surface area contributed by atoms with Crippen molar-refractivity contribution in [2.24, 2.45) is 0 Å². The van der Waals surface area contributed by atoms with Crippen molar-refractivity contribution < 1.29 is 4.43 Å². The minimum absolute atomic E-state index is 0.109. The van der Waals surface area contributed by atoms with Crippen molar-refractivity contribution in [2.75, 3.05) is 0 Å². The van der Waals surface area contributed by atoms with Gasteiger partial charge in [0.1, 0.15) is 0 Å². The zero-order valence-electron chi connectivity index (χ0n) is 17.4. The van der Waals surface area contributed by atoms with E-state index in [1.54, 1.807) is 0 Å². The minimum Gasteiger partial charge on any atom is -0.397 e. The maximum absolute atomic E-state index is 7.18. The van der Waals surface area contributed by atoms with Gasteiger partial charge in [0.25, 0.3) is 8.32 Å². The summed E-state index contributed by atoms with van der Waals surface area (Å²) in [4.78, 5) is 0. The van der Waals surface area contributed by atoms with Crippen LogP contribution in [0.2, 0.25) is 5.04 Å². The Bertz CT molecular complexity index is 954. The third-order valence-corrected chi connectivity index (χ3v) is 10.4. The Morgan fingerprint density at radius 2 is 1.34 bits per heavy atom. The lowest BCUT2D eigenvalue weighted by molar-refractivity contribution is 0.238. The maximum Gasteiger partial charge on any atom is 0.262 e. The van der Waals surface area contributed by atoms with Crippen molar-refractivity contribution in [1.82, 2.24) is 0 Å². The normalized spacial score (nSPS) is 12.8. The molecule has 146 valence electrons. The predicted octanol–water partition coefficient (Wildman–Crippen LogP) is 5.47. The fraction of sp³-hybridized carbons (Fsp3) is 0.185. The molecule has 0 saturated carbocycles. The molecule has 3 aromatic carbocycles. The summed E-state index contributed by atoms with van der Waals surface area (Å²) in [6.07, 6.45) is 7.36. The molecule has 2 heteroatoms. The van der Waals surface area contributed by atoms with Gasteiger partial charge in [-0.1, -0.05) is 112 Å². The first-order chi connectivity index (χ1) is 13.9. The smallest absolute Gasteiger partial charge is 0.262 e. The SMILES string of the molecule is C#Cc1ccccc1C(C=C)O[Si](c1ccccc1)(c1ccccc1)C(C)(C)C. The average molecular weight is 397 g/mol. The molecule has 0 radical (unpaired) electrons. The van der Waals surface area contributed by atoms with Gasteiger partial charge in [-0.2, -0.15) is 0 Å². The van der Waals surface area contributed by atoms with Crippen LogP contribution in [0.5, 0.6) is 0 Å². The molecule has 0 aliphatic carbocycles. The number of hydrogen-bond donors (Lipinski definition) is 0. The number of rotatable bonds is 6. The molecule has 0 heterocycles. The van der Waals surface area contributed by atoms with E-state index < -0.39 is 8.32 Å². The molecule has 0 aromatic heterocycles. The second-order valence-electron chi connectivity index (χ2n) is 8.17. The summed E-state index contributed by atoms with van der Waals surface area (Å²) in [5.41, 5.74) is 1.83. The molecule has 0 bridgehead atoms. The molecule has 0 N–H and O–H groups in total. The van der Waals surface area contributed by atoms with E-state index in [1.165, 1.54) is 10.4 Å². The van der Waals surface area contributed by atoms with Gasteiger partial charge in [0.15, 0.2) is 0 Å². The largest absolute Gasteiger partial charge is 0.397 e. The van der Waals surface area contributed by atoms with Crippen molar-refractivity contribution >= 4 is 18.7 Å². The van der Waals surface area contributed by atoms with Crippen LogP contribution in [-0.2, 0) is 4.43 Å². The van der Waals surface area contributed by atoms with Crippen molar-refractivity contribution in [1.29, 1.82) is 0 Å². The van der Waals surface area contributed by atoms with Gasteiger partial charge in [0, 0.05) is 5.56 Å². The highest BCUT2D eigenvalue weighted by molar-refractivity contribution is 6.99. The molecule has 0 saturated heterocycles. The predicted molar refractivity (Wildman–Crippen MR) is 126 cm³/mol. The van der Waals surface area contributed by atoms with Crippen molar-refractivity contribution in [3.05, 3.63) is 109 Å². The first-order valence-electron chi connectivity index (χ1n) is 9.91. The van der Waals surface area contributed by atoms with Crippen LogP contribution >= 0.6 is 0 Å². The van der Waals surface area contributed by atoms with Gasteiger partial charge in [-0.25, -0.2) is 0 Å². The highest BCUT2D eigenvalue weighted by Gasteiger charge is 2.51. The number of benzene rings is 3. The monoisotopic (exact) mass is 396 g/mol. The molecule has 0 aliphatic heterocycles. The first kappa shape index (κ1) is 20.9. The molecule has 3 aromatic rings. The topological polar surface area (TPSA) is 9.23 Å².